The fourth-order valence-electron chi connectivity index (χ4n) is 4.27. The van der Waals surface area contributed by atoms with Gasteiger partial charge in [-0.1, -0.05) is 115 Å². The normalized spacial score (nSPS) is 11.3. The number of hydrogen-bond acceptors (Lipinski definition) is 5. The predicted molar refractivity (Wildman–Crippen MR) is 128 cm³/mol. The van der Waals surface area contributed by atoms with Crippen molar-refractivity contribution in [1.29, 1.82) is 0 Å². The van der Waals surface area contributed by atoms with Gasteiger partial charge in [-0.3, -0.25) is 0 Å². The molecule has 5 rings (SSSR count). The summed E-state index contributed by atoms with van der Waals surface area (Å²) in [6, 6.07) is 37.1. The van der Waals surface area contributed by atoms with E-state index in [4.69, 9.17) is 5.10 Å². The summed E-state index contributed by atoms with van der Waals surface area (Å²) in [6.07, 6.45) is 0. The van der Waals surface area contributed by atoms with Crippen LogP contribution in [0.2, 0.25) is 0 Å². The van der Waals surface area contributed by atoms with Crippen LogP contribution >= 0.6 is 0 Å². The van der Waals surface area contributed by atoms with Gasteiger partial charge in [-0.2, -0.15) is 0 Å². The highest BCUT2D eigenvalue weighted by atomic mass is 16.4. The van der Waals surface area contributed by atoms with Crippen molar-refractivity contribution >= 4 is 12.6 Å². The topological polar surface area (TPSA) is 84.1 Å². The minimum absolute atomic E-state index is 0.311. The van der Waals surface area contributed by atoms with Crippen LogP contribution < -0.4 is 5.46 Å². The van der Waals surface area contributed by atoms with Crippen molar-refractivity contribution < 1.29 is 10.0 Å². The van der Waals surface area contributed by atoms with Gasteiger partial charge in [0.25, 0.3) is 0 Å². The van der Waals surface area contributed by atoms with E-state index in [1.165, 1.54) is 0 Å². The maximum Gasteiger partial charge on any atom is 0.489 e. The molecule has 1 aromatic heterocycles. The van der Waals surface area contributed by atoms with Crippen molar-refractivity contribution in [2.24, 2.45) is 0 Å². The molecule has 0 aliphatic rings. The summed E-state index contributed by atoms with van der Waals surface area (Å²) < 4.78 is 0. The number of hydrogen-bond donors (Lipinski definition) is 2. The zero-order chi connectivity index (χ0) is 22.7. The second-order valence-electron chi connectivity index (χ2n) is 7.67. The third kappa shape index (κ3) is 3.63. The predicted octanol–water partition coefficient (Wildman–Crippen LogP) is 2.86. The first-order valence-electron chi connectivity index (χ1n) is 10.6. The molecule has 160 valence electrons. The number of aromatic nitrogens is 4. The van der Waals surface area contributed by atoms with E-state index in [1.807, 2.05) is 54.6 Å². The van der Waals surface area contributed by atoms with Crippen LogP contribution in [-0.4, -0.2) is 37.4 Å². The second-order valence-corrected chi connectivity index (χ2v) is 7.67. The molecule has 2 N–H and O–H groups in total. The zero-order valence-corrected chi connectivity index (χ0v) is 17.7. The Balaban J connectivity index is 1.81. The molecule has 5 aromatic rings. The molecular weight excluding hydrogens is 411 g/mol. The molecule has 1 heterocycles. The molecule has 33 heavy (non-hydrogen) atoms. The van der Waals surface area contributed by atoms with E-state index >= 15 is 0 Å². The van der Waals surface area contributed by atoms with Gasteiger partial charge in [0.1, 0.15) is 0 Å². The van der Waals surface area contributed by atoms with Gasteiger partial charge >= 0.3 is 7.12 Å². The van der Waals surface area contributed by atoms with Crippen molar-refractivity contribution in [3.8, 4) is 11.4 Å². The molecule has 0 unspecified atom stereocenters. The lowest BCUT2D eigenvalue weighted by Gasteiger charge is -2.34. The summed E-state index contributed by atoms with van der Waals surface area (Å²) >= 11 is 0. The van der Waals surface area contributed by atoms with Gasteiger partial charge in [0, 0.05) is 5.56 Å². The van der Waals surface area contributed by atoms with Crippen LogP contribution in [0.1, 0.15) is 16.7 Å². The highest BCUT2D eigenvalue weighted by molar-refractivity contribution is 6.60. The summed E-state index contributed by atoms with van der Waals surface area (Å²) in [6.45, 7) is 0. The fraction of sp³-hybridized carbons (Fsp3) is 0.0385. The van der Waals surface area contributed by atoms with Gasteiger partial charge in [0.05, 0.1) is 0 Å². The Kier molecular flexibility index (Phi) is 5.56. The first kappa shape index (κ1) is 20.8. The van der Waals surface area contributed by atoms with Gasteiger partial charge in [0.2, 0.25) is 5.82 Å². The zero-order valence-electron chi connectivity index (χ0n) is 17.7. The number of benzene rings is 4. The highest BCUT2D eigenvalue weighted by Gasteiger charge is 2.41. The lowest BCUT2D eigenvalue weighted by atomic mass is 9.77. The lowest BCUT2D eigenvalue weighted by molar-refractivity contribution is 0.395. The molecule has 0 fully saturated rings. The Morgan fingerprint density at radius 2 is 1.06 bits per heavy atom. The van der Waals surface area contributed by atoms with E-state index in [1.54, 1.807) is 29.1 Å². The lowest BCUT2D eigenvalue weighted by Crippen LogP contribution is -2.39. The second kappa shape index (κ2) is 8.82. The molecule has 0 spiro atoms. The summed E-state index contributed by atoms with van der Waals surface area (Å²) in [4.78, 5) is 1.61. The third-order valence-electron chi connectivity index (χ3n) is 5.77. The van der Waals surface area contributed by atoms with E-state index in [0.29, 0.717) is 16.9 Å². The Morgan fingerprint density at radius 3 is 1.55 bits per heavy atom. The summed E-state index contributed by atoms with van der Waals surface area (Å²) in [5.41, 5.74) is 2.87. The van der Waals surface area contributed by atoms with E-state index in [9.17, 15) is 10.0 Å². The quantitative estimate of drug-likeness (QED) is 0.319. The number of tetrazole rings is 1. The van der Waals surface area contributed by atoms with Crippen molar-refractivity contribution in [1.82, 2.24) is 20.2 Å². The third-order valence-corrected chi connectivity index (χ3v) is 5.77. The Labute approximate surface area is 191 Å². The fourth-order valence-corrected chi connectivity index (χ4v) is 4.27. The first-order valence-corrected chi connectivity index (χ1v) is 10.6. The molecule has 6 nitrogen and oxygen atoms in total. The van der Waals surface area contributed by atoms with Gasteiger partial charge in [-0.05, 0) is 27.4 Å². The highest BCUT2D eigenvalue weighted by Crippen LogP contribution is 2.39. The number of nitrogens with zero attached hydrogens (tertiary/aromatic N) is 4. The van der Waals surface area contributed by atoms with Crippen LogP contribution in [0, 0.1) is 0 Å². The molecule has 7 heteroatoms. The number of rotatable bonds is 6. The maximum absolute atomic E-state index is 9.84. The van der Waals surface area contributed by atoms with Crippen molar-refractivity contribution in [2.45, 2.75) is 5.54 Å². The van der Waals surface area contributed by atoms with E-state index in [2.05, 4.69) is 46.7 Å². The standard InChI is InChI=1S/C26H21BN4O2/c32-27(33)24-19-11-10-18-23(24)25-28-30-31(29-25)26(20-12-4-1-5-13-20,21-14-6-2-7-15-21)22-16-8-3-9-17-22/h1-19,32-33H. The van der Waals surface area contributed by atoms with Crippen molar-refractivity contribution in [2.75, 3.05) is 0 Å². The molecule has 0 saturated heterocycles. The molecule has 0 atom stereocenters. The molecule has 4 aromatic carbocycles. The van der Waals surface area contributed by atoms with Crippen molar-refractivity contribution in [3.05, 3.63) is 132 Å². The van der Waals surface area contributed by atoms with Gasteiger partial charge in [0.15, 0.2) is 5.54 Å². The summed E-state index contributed by atoms with van der Waals surface area (Å²) in [5.74, 6) is 0.311. The van der Waals surface area contributed by atoms with E-state index in [0.717, 1.165) is 16.7 Å². The molecule has 0 aliphatic carbocycles. The van der Waals surface area contributed by atoms with Gasteiger partial charge in [-0.15, -0.1) is 15.0 Å². The van der Waals surface area contributed by atoms with E-state index < -0.39 is 12.7 Å². The smallest absolute Gasteiger partial charge is 0.423 e. The minimum Gasteiger partial charge on any atom is -0.423 e. The Hall–Kier alpha value is -4.07. The molecular formula is C26H21BN4O2. The maximum atomic E-state index is 9.84. The van der Waals surface area contributed by atoms with Crippen LogP contribution in [0.3, 0.4) is 0 Å². The van der Waals surface area contributed by atoms with Crippen LogP contribution in [0.15, 0.2) is 115 Å². The summed E-state index contributed by atoms with van der Waals surface area (Å²) in [5, 5.41) is 33.3. The van der Waals surface area contributed by atoms with Crippen LogP contribution in [-0.2, 0) is 5.54 Å². The molecule has 0 aliphatic heterocycles. The Bertz CT molecular complexity index is 1250. The first-order chi connectivity index (χ1) is 16.2. The van der Waals surface area contributed by atoms with Crippen LogP contribution in [0.5, 0.6) is 0 Å². The monoisotopic (exact) mass is 432 g/mol. The minimum atomic E-state index is -1.64. The largest absolute Gasteiger partial charge is 0.489 e. The van der Waals surface area contributed by atoms with Crippen LogP contribution in [0.4, 0.5) is 0 Å². The molecule has 0 saturated carbocycles. The van der Waals surface area contributed by atoms with Gasteiger partial charge in [-0.25, -0.2) is 0 Å². The van der Waals surface area contributed by atoms with Crippen molar-refractivity contribution in [3.63, 3.8) is 0 Å². The van der Waals surface area contributed by atoms with E-state index in [-0.39, 0.29) is 0 Å². The Morgan fingerprint density at radius 1 is 0.606 bits per heavy atom. The molecule has 0 radical (unpaired) electrons. The van der Waals surface area contributed by atoms with Gasteiger partial charge < -0.3 is 10.0 Å². The summed E-state index contributed by atoms with van der Waals surface area (Å²) in [7, 11) is -1.64. The molecule has 0 bridgehead atoms. The van der Waals surface area contributed by atoms with Crippen LogP contribution in [0.25, 0.3) is 11.4 Å². The average Bonchev–Trinajstić information content (AvgIpc) is 3.37. The average molecular weight is 432 g/mol. The SMILES string of the molecule is OB(O)c1ccccc1-c1nnn(C(c2ccccc2)(c2ccccc2)c2ccccc2)n1. The molecule has 0 amide bonds.